The highest BCUT2D eigenvalue weighted by molar-refractivity contribution is 5.94. The van der Waals surface area contributed by atoms with Crippen LogP contribution in [-0.4, -0.2) is 34.8 Å². The third-order valence-electron chi connectivity index (χ3n) is 5.74. The van der Waals surface area contributed by atoms with Crippen molar-refractivity contribution in [2.24, 2.45) is 14.1 Å². The lowest BCUT2D eigenvalue weighted by molar-refractivity contribution is 0.0946. The van der Waals surface area contributed by atoms with E-state index in [9.17, 15) is 14.4 Å². The van der Waals surface area contributed by atoms with Crippen LogP contribution in [0.25, 0.3) is 28.0 Å². The van der Waals surface area contributed by atoms with E-state index >= 15 is 0 Å². The summed E-state index contributed by atoms with van der Waals surface area (Å²) < 4.78 is 4.02. The number of para-hydroxylation sites is 1. The van der Waals surface area contributed by atoms with Crippen LogP contribution in [0.4, 0.5) is 0 Å². The zero-order valence-electron chi connectivity index (χ0n) is 19.0. The average Bonchev–Trinajstić information content (AvgIpc) is 3.34. The maximum Gasteiger partial charge on any atom is 0.332 e. The molecule has 0 spiro atoms. The van der Waals surface area contributed by atoms with Gasteiger partial charge in [-0.3, -0.25) is 23.7 Å². The topological polar surface area (TPSA) is 117 Å². The molecule has 1 amide bonds. The van der Waals surface area contributed by atoms with Gasteiger partial charge in [0.2, 0.25) is 0 Å². The van der Waals surface area contributed by atoms with Gasteiger partial charge in [0.05, 0.1) is 16.8 Å². The van der Waals surface area contributed by atoms with E-state index < -0.39 is 17.2 Å². The highest BCUT2D eigenvalue weighted by Gasteiger charge is 2.16. The van der Waals surface area contributed by atoms with Crippen molar-refractivity contribution in [2.75, 3.05) is 0 Å². The monoisotopic (exact) mass is 467 g/mol. The Morgan fingerprint density at radius 3 is 2.43 bits per heavy atom. The van der Waals surface area contributed by atoms with Crippen LogP contribution < -0.4 is 16.6 Å². The van der Waals surface area contributed by atoms with Crippen LogP contribution >= 0.6 is 0 Å². The SMILES string of the molecule is Cn1c(=O)c2ccc(C(=O)NCc3cn(-c4ccccc4)nc3-c3ccncc3)nc2n(C)c1=O. The van der Waals surface area contributed by atoms with Gasteiger partial charge in [0.15, 0.2) is 0 Å². The van der Waals surface area contributed by atoms with Gasteiger partial charge in [-0.1, -0.05) is 18.2 Å². The molecule has 35 heavy (non-hydrogen) atoms. The third-order valence-corrected chi connectivity index (χ3v) is 5.74. The van der Waals surface area contributed by atoms with Crippen LogP contribution in [0.3, 0.4) is 0 Å². The van der Waals surface area contributed by atoms with Gasteiger partial charge in [-0.15, -0.1) is 0 Å². The van der Waals surface area contributed by atoms with Gasteiger partial charge < -0.3 is 5.32 Å². The summed E-state index contributed by atoms with van der Waals surface area (Å²) in [5.74, 6) is -0.437. The molecule has 0 aliphatic heterocycles. The Morgan fingerprint density at radius 2 is 1.69 bits per heavy atom. The maximum atomic E-state index is 13.0. The Morgan fingerprint density at radius 1 is 0.943 bits per heavy atom. The molecule has 4 heterocycles. The van der Waals surface area contributed by atoms with E-state index in [1.807, 2.05) is 48.7 Å². The Bertz CT molecular complexity index is 1670. The van der Waals surface area contributed by atoms with Gasteiger partial charge in [-0.05, 0) is 36.4 Å². The van der Waals surface area contributed by atoms with E-state index in [1.54, 1.807) is 17.1 Å². The number of nitrogens with zero attached hydrogens (tertiary/aromatic N) is 6. The first-order chi connectivity index (χ1) is 16.9. The number of pyridine rings is 2. The van der Waals surface area contributed by atoms with Crippen LogP contribution in [0.5, 0.6) is 0 Å². The summed E-state index contributed by atoms with van der Waals surface area (Å²) in [6, 6.07) is 16.4. The first kappa shape index (κ1) is 22.0. The van der Waals surface area contributed by atoms with Crippen LogP contribution in [0.15, 0.2) is 82.8 Å². The predicted molar refractivity (Wildman–Crippen MR) is 130 cm³/mol. The Hall–Kier alpha value is -4.86. The molecule has 0 saturated heterocycles. The number of carbonyl (C=O) groups is 1. The molecule has 4 aromatic heterocycles. The summed E-state index contributed by atoms with van der Waals surface area (Å²) in [5, 5.41) is 7.86. The summed E-state index contributed by atoms with van der Waals surface area (Å²) in [7, 11) is 2.92. The first-order valence-corrected chi connectivity index (χ1v) is 10.8. The number of benzene rings is 1. The largest absolute Gasteiger partial charge is 0.346 e. The predicted octanol–water partition coefficient (Wildman–Crippen LogP) is 1.81. The van der Waals surface area contributed by atoms with Crippen LogP contribution in [0.1, 0.15) is 16.1 Å². The van der Waals surface area contributed by atoms with E-state index in [-0.39, 0.29) is 23.3 Å². The minimum Gasteiger partial charge on any atom is -0.346 e. The van der Waals surface area contributed by atoms with Gasteiger partial charge >= 0.3 is 5.69 Å². The van der Waals surface area contributed by atoms with Gasteiger partial charge in [0, 0.05) is 50.4 Å². The number of aryl methyl sites for hydroxylation is 1. The van der Waals surface area contributed by atoms with Crippen molar-refractivity contribution in [3.63, 3.8) is 0 Å². The average molecular weight is 467 g/mol. The van der Waals surface area contributed by atoms with Crippen molar-refractivity contribution in [3.05, 3.63) is 105 Å². The Labute approximate surface area is 199 Å². The molecule has 0 saturated carbocycles. The normalized spacial score (nSPS) is 11.0. The van der Waals surface area contributed by atoms with Crippen LogP contribution in [0.2, 0.25) is 0 Å². The van der Waals surface area contributed by atoms with Crippen molar-refractivity contribution in [2.45, 2.75) is 6.54 Å². The quantitative estimate of drug-likeness (QED) is 0.421. The first-order valence-electron chi connectivity index (χ1n) is 10.8. The van der Waals surface area contributed by atoms with Crippen molar-refractivity contribution >= 4 is 16.9 Å². The van der Waals surface area contributed by atoms with E-state index in [4.69, 9.17) is 5.10 Å². The molecule has 0 fully saturated rings. The second-order valence-corrected chi connectivity index (χ2v) is 7.98. The third kappa shape index (κ3) is 4.01. The summed E-state index contributed by atoms with van der Waals surface area (Å²) in [6.45, 7) is 0.193. The van der Waals surface area contributed by atoms with Crippen molar-refractivity contribution in [1.29, 1.82) is 0 Å². The highest BCUT2D eigenvalue weighted by atomic mass is 16.2. The summed E-state index contributed by atoms with van der Waals surface area (Å²) >= 11 is 0. The fourth-order valence-corrected chi connectivity index (χ4v) is 3.85. The summed E-state index contributed by atoms with van der Waals surface area (Å²) in [4.78, 5) is 46.0. The lowest BCUT2D eigenvalue weighted by Gasteiger charge is -2.09. The fraction of sp³-hybridized carbons (Fsp3) is 0.120. The van der Waals surface area contributed by atoms with Crippen LogP contribution in [0, 0.1) is 0 Å². The smallest absolute Gasteiger partial charge is 0.332 e. The molecule has 10 heteroatoms. The number of rotatable bonds is 5. The lowest BCUT2D eigenvalue weighted by Crippen LogP contribution is -2.37. The fourth-order valence-electron chi connectivity index (χ4n) is 3.85. The van der Waals surface area contributed by atoms with Gasteiger partial charge in [-0.25, -0.2) is 14.5 Å². The molecule has 0 radical (unpaired) electrons. The molecular weight excluding hydrogens is 446 g/mol. The molecule has 1 N–H and O–H groups in total. The molecule has 0 unspecified atom stereocenters. The number of hydrogen-bond acceptors (Lipinski definition) is 6. The Kier molecular flexibility index (Phi) is 5.54. The van der Waals surface area contributed by atoms with E-state index in [2.05, 4.69) is 15.3 Å². The van der Waals surface area contributed by atoms with E-state index in [1.165, 1.54) is 30.8 Å². The van der Waals surface area contributed by atoms with Crippen molar-refractivity contribution in [3.8, 4) is 16.9 Å². The van der Waals surface area contributed by atoms with Gasteiger partial charge in [0.25, 0.3) is 11.5 Å². The molecule has 0 aliphatic rings. The van der Waals surface area contributed by atoms with E-state index in [0.29, 0.717) is 5.69 Å². The molecule has 0 atom stereocenters. The van der Waals surface area contributed by atoms with Gasteiger partial charge in [0.1, 0.15) is 11.3 Å². The molecule has 0 aliphatic carbocycles. The molecule has 174 valence electrons. The number of nitrogens with one attached hydrogen (secondary N) is 1. The number of hydrogen-bond donors (Lipinski definition) is 1. The molecule has 0 bridgehead atoms. The zero-order valence-corrected chi connectivity index (χ0v) is 19.0. The van der Waals surface area contributed by atoms with Crippen LogP contribution in [-0.2, 0) is 20.6 Å². The molecular formula is C25H21N7O3. The summed E-state index contributed by atoms with van der Waals surface area (Å²) in [6.07, 6.45) is 5.24. The van der Waals surface area contributed by atoms with Crippen molar-refractivity contribution < 1.29 is 4.79 Å². The highest BCUT2D eigenvalue weighted by Crippen LogP contribution is 2.23. The van der Waals surface area contributed by atoms with Gasteiger partial charge in [-0.2, -0.15) is 5.10 Å². The summed E-state index contributed by atoms with van der Waals surface area (Å²) in [5.41, 5.74) is 2.56. The minimum absolute atomic E-state index is 0.0988. The number of carbonyl (C=O) groups excluding carboxylic acids is 1. The Balaban J connectivity index is 1.47. The second kappa shape index (κ2) is 8.82. The number of fused-ring (bicyclic) bond motifs is 1. The molecule has 5 aromatic rings. The standard InChI is InChI=1S/C25H21N7O3/c1-30-22-19(24(34)31(2)25(30)35)8-9-20(28-22)23(33)27-14-17-15-32(18-6-4-3-5-7-18)29-21(17)16-10-12-26-13-11-16/h3-13,15H,14H2,1-2H3,(H,27,33). The number of aromatic nitrogens is 6. The second-order valence-electron chi connectivity index (χ2n) is 7.98. The minimum atomic E-state index is -0.511. The molecule has 1 aromatic carbocycles. The maximum absolute atomic E-state index is 13.0. The zero-order chi connectivity index (χ0) is 24.5. The van der Waals surface area contributed by atoms with Crippen molar-refractivity contribution in [1.82, 2.24) is 34.2 Å². The lowest BCUT2D eigenvalue weighted by atomic mass is 10.1. The van der Waals surface area contributed by atoms with E-state index in [0.717, 1.165) is 21.4 Å². The number of amides is 1. The molecule has 5 rings (SSSR count). The molecule has 10 nitrogen and oxygen atoms in total.